The summed E-state index contributed by atoms with van der Waals surface area (Å²) >= 11 is 0. The Kier molecular flexibility index (Phi) is 2.77. The first-order chi connectivity index (χ1) is 7.18. The molecule has 2 heterocycles. The van der Waals surface area contributed by atoms with Crippen molar-refractivity contribution >= 4 is 12.1 Å². The van der Waals surface area contributed by atoms with Gasteiger partial charge in [0.2, 0.25) is 6.10 Å². The predicted molar refractivity (Wildman–Crippen MR) is 48.5 cm³/mol. The molecule has 2 saturated heterocycles. The Balaban J connectivity index is 1.97. The van der Waals surface area contributed by atoms with E-state index in [4.69, 9.17) is 14.6 Å². The molecule has 0 spiro atoms. The van der Waals surface area contributed by atoms with Crippen molar-refractivity contribution in [2.75, 3.05) is 19.8 Å². The van der Waals surface area contributed by atoms with Gasteiger partial charge < -0.3 is 19.5 Å². The molecule has 2 fully saturated rings. The highest BCUT2D eigenvalue weighted by Gasteiger charge is 2.39. The molecular formula is C9H13NO5. The van der Waals surface area contributed by atoms with Gasteiger partial charge in [-0.05, 0) is 12.8 Å². The van der Waals surface area contributed by atoms with Crippen molar-refractivity contribution in [1.82, 2.24) is 4.90 Å². The summed E-state index contributed by atoms with van der Waals surface area (Å²) in [6.07, 6.45) is -0.0299. The molecule has 1 N–H and O–H groups in total. The van der Waals surface area contributed by atoms with Crippen LogP contribution in [0.5, 0.6) is 0 Å². The second-order valence-electron chi connectivity index (χ2n) is 3.71. The molecule has 2 rings (SSSR count). The number of amides is 1. The molecule has 1 atom stereocenters. The van der Waals surface area contributed by atoms with E-state index in [0.717, 1.165) is 12.8 Å². The molecule has 0 radical (unpaired) electrons. The van der Waals surface area contributed by atoms with E-state index in [9.17, 15) is 9.59 Å². The third-order valence-electron chi connectivity index (χ3n) is 2.75. The first kappa shape index (κ1) is 10.2. The van der Waals surface area contributed by atoms with Crippen molar-refractivity contribution < 1.29 is 24.2 Å². The van der Waals surface area contributed by atoms with Crippen LogP contribution in [0.1, 0.15) is 12.8 Å². The monoisotopic (exact) mass is 215 g/mol. The summed E-state index contributed by atoms with van der Waals surface area (Å²) in [4.78, 5) is 23.5. The van der Waals surface area contributed by atoms with E-state index in [1.807, 2.05) is 0 Å². The van der Waals surface area contributed by atoms with E-state index in [0.29, 0.717) is 13.2 Å². The predicted octanol–water partition coefficient (Wildman–Crippen LogP) is 0.0708. The Labute approximate surface area is 86.8 Å². The van der Waals surface area contributed by atoms with E-state index in [1.54, 1.807) is 0 Å². The van der Waals surface area contributed by atoms with Crippen LogP contribution in [0.4, 0.5) is 4.79 Å². The van der Waals surface area contributed by atoms with Crippen LogP contribution >= 0.6 is 0 Å². The standard InChI is InChI=1S/C9H13NO5/c11-8(12)7-5-10(9(13)15-7)6-1-3-14-4-2-6/h6-7H,1-5H2,(H,11,12)/t7-/m1/s1. The minimum atomic E-state index is -1.09. The first-order valence-electron chi connectivity index (χ1n) is 4.96. The average molecular weight is 215 g/mol. The van der Waals surface area contributed by atoms with Crippen molar-refractivity contribution in [3.05, 3.63) is 0 Å². The largest absolute Gasteiger partial charge is 0.478 e. The topological polar surface area (TPSA) is 76.1 Å². The van der Waals surface area contributed by atoms with Crippen LogP contribution in [-0.4, -0.2) is 54.0 Å². The van der Waals surface area contributed by atoms with Gasteiger partial charge in [-0.2, -0.15) is 0 Å². The van der Waals surface area contributed by atoms with Gasteiger partial charge in [0.1, 0.15) is 0 Å². The smallest absolute Gasteiger partial charge is 0.411 e. The minimum Gasteiger partial charge on any atom is -0.478 e. The van der Waals surface area contributed by atoms with E-state index in [-0.39, 0.29) is 12.6 Å². The summed E-state index contributed by atoms with van der Waals surface area (Å²) in [7, 11) is 0. The zero-order valence-corrected chi connectivity index (χ0v) is 8.22. The Morgan fingerprint density at radius 1 is 1.40 bits per heavy atom. The van der Waals surface area contributed by atoms with Gasteiger partial charge in [-0.25, -0.2) is 9.59 Å². The van der Waals surface area contributed by atoms with Crippen LogP contribution < -0.4 is 0 Å². The van der Waals surface area contributed by atoms with Crippen molar-refractivity contribution in [2.45, 2.75) is 25.0 Å². The lowest BCUT2D eigenvalue weighted by Gasteiger charge is -2.28. The lowest BCUT2D eigenvalue weighted by Crippen LogP contribution is -2.40. The van der Waals surface area contributed by atoms with Gasteiger partial charge in [-0.1, -0.05) is 0 Å². The summed E-state index contributed by atoms with van der Waals surface area (Å²) in [5, 5.41) is 8.72. The molecule has 15 heavy (non-hydrogen) atoms. The number of hydrogen-bond donors (Lipinski definition) is 1. The first-order valence-corrected chi connectivity index (χ1v) is 4.96. The van der Waals surface area contributed by atoms with Gasteiger partial charge in [-0.3, -0.25) is 0 Å². The van der Waals surface area contributed by atoms with Crippen LogP contribution in [0.15, 0.2) is 0 Å². The number of ether oxygens (including phenoxy) is 2. The average Bonchev–Trinajstić information content (AvgIpc) is 2.62. The lowest BCUT2D eigenvalue weighted by atomic mass is 10.1. The number of carbonyl (C=O) groups is 2. The second kappa shape index (κ2) is 4.06. The van der Waals surface area contributed by atoms with E-state index in [2.05, 4.69) is 0 Å². The summed E-state index contributed by atoms with van der Waals surface area (Å²) < 4.78 is 9.91. The maximum absolute atomic E-state index is 11.4. The molecule has 0 bridgehead atoms. The fourth-order valence-electron chi connectivity index (χ4n) is 1.90. The fourth-order valence-corrected chi connectivity index (χ4v) is 1.90. The van der Waals surface area contributed by atoms with Gasteiger partial charge in [0.05, 0.1) is 6.54 Å². The molecule has 0 aromatic carbocycles. The molecule has 2 aliphatic heterocycles. The molecule has 0 unspecified atom stereocenters. The fraction of sp³-hybridized carbons (Fsp3) is 0.778. The number of nitrogens with zero attached hydrogens (tertiary/aromatic N) is 1. The Bertz CT molecular complexity index is 274. The Morgan fingerprint density at radius 3 is 2.60 bits per heavy atom. The van der Waals surface area contributed by atoms with Crippen molar-refractivity contribution in [2.24, 2.45) is 0 Å². The minimum absolute atomic E-state index is 0.0654. The number of cyclic esters (lactones) is 1. The quantitative estimate of drug-likeness (QED) is 0.705. The maximum Gasteiger partial charge on any atom is 0.411 e. The molecule has 0 aromatic heterocycles. The Morgan fingerprint density at radius 2 is 2.07 bits per heavy atom. The highest BCUT2D eigenvalue weighted by molar-refractivity contribution is 5.81. The molecule has 1 amide bonds. The van der Waals surface area contributed by atoms with Gasteiger partial charge in [0.15, 0.2) is 0 Å². The summed E-state index contributed by atoms with van der Waals surface area (Å²) in [6.45, 7) is 1.39. The van der Waals surface area contributed by atoms with Crippen LogP contribution in [0.25, 0.3) is 0 Å². The molecule has 0 aliphatic carbocycles. The van der Waals surface area contributed by atoms with Crippen LogP contribution in [0, 0.1) is 0 Å². The van der Waals surface area contributed by atoms with Crippen LogP contribution in [0.2, 0.25) is 0 Å². The summed E-state index contributed by atoms with van der Waals surface area (Å²) in [6, 6.07) is 0.0654. The van der Waals surface area contributed by atoms with Crippen LogP contribution in [0.3, 0.4) is 0 Å². The number of carboxylic acid groups (broad SMARTS) is 1. The lowest BCUT2D eigenvalue weighted by molar-refractivity contribution is -0.144. The van der Waals surface area contributed by atoms with Crippen LogP contribution in [-0.2, 0) is 14.3 Å². The highest BCUT2D eigenvalue weighted by atomic mass is 16.6. The van der Waals surface area contributed by atoms with E-state index in [1.165, 1.54) is 4.90 Å². The number of carboxylic acids is 1. The maximum atomic E-state index is 11.4. The normalized spacial score (nSPS) is 27.9. The number of aliphatic carboxylic acids is 1. The summed E-state index contributed by atoms with van der Waals surface area (Å²) in [5.41, 5.74) is 0. The summed E-state index contributed by atoms with van der Waals surface area (Å²) in [5.74, 6) is -1.09. The number of hydrogen-bond acceptors (Lipinski definition) is 4. The van der Waals surface area contributed by atoms with Gasteiger partial charge in [-0.15, -0.1) is 0 Å². The molecular weight excluding hydrogens is 202 g/mol. The zero-order chi connectivity index (χ0) is 10.8. The third kappa shape index (κ3) is 2.04. The molecule has 0 aromatic rings. The Hall–Kier alpha value is -1.30. The molecule has 6 nitrogen and oxygen atoms in total. The number of rotatable bonds is 2. The van der Waals surface area contributed by atoms with E-state index >= 15 is 0 Å². The molecule has 84 valence electrons. The molecule has 6 heteroatoms. The number of carbonyl (C=O) groups excluding carboxylic acids is 1. The van der Waals surface area contributed by atoms with Gasteiger partial charge in [0, 0.05) is 19.3 Å². The molecule has 0 saturated carbocycles. The zero-order valence-electron chi connectivity index (χ0n) is 8.22. The van der Waals surface area contributed by atoms with Gasteiger partial charge >= 0.3 is 12.1 Å². The SMILES string of the molecule is O=C(O)[C@H]1CN(C2CCOCC2)C(=O)O1. The van der Waals surface area contributed by atoms with Crippen molar-refractivity contribution in [1.29, 1.82) is 0 Å². The molecule has 2 aliphatic rings. The van der Waals surface area contributed by atoms with Crippen molar-refractivity contribution in [3.8, 4) is 0 Å². The van der Waals surface area contributed by atoms with E-state index < -0.39 is 18.2 Å². The third-order valence-corrected chi connectivity index (χ3v) is 2.75. The van der Waals surface area contributed by atoms with Gasteiger partial charge in [0.25, 0.3) is 0 Å². The second-order valence-corrected chi connectivity index (χ2v) is 3.71. The highest BCUT2D eigenvalue weighted by Crippen LogP contribution is 2.21. The van der Waals surface area contributed by atoms with Crippen molar-refractivity contribution in [3.63, 3.8) is 0 Å².